The Morgan fingerprint density at radius 1 is 1.45 bits per heavy atom. The lowest BCUT2D eigenvalue weighted by molar-refractivity contribution is 0.0698. The van der Waals surface area contributed by atoms with Crippen molar-refractivity contribution in [3.8, 4) is 0 Å². The zero-order chi connectivity index (χ0) is 14.4. The standard InChI is InChI=1S/C16H25N3O/c1-3-9-17-15-12-14(8-10-18-15)16(20)19-11-6-4-5-7-13(19)2/h8,10,12-13H,3-7,9,11H2,1-2H3,(H,17,18). The Kier molecular flexibility index (Phi) is 5.39. The Morgan fingerprint density at radius 2 is 2.30 bits per heavy atom. The van der Waals surface area contributed by atoms with E-state index in [-0.39, 0.29) is 5.91 Å². The molecule has 1 atom stereocenters. The van der Waals surface area contributed by atoms with Gasteiger partial charge in [0.25, 0.3) is 5.91 Å². The first-order valence-corrected chi connectivity index (χ1v) is 7.73. The zero-order valence-corrected chi connectivity index (χ0v) is 12.6. The Bertz CT molecular complexity index is 447. The molecule has 1 aliphatic rings. The maximum Gasteiger partial charge on any atom is 0.254 e. The molecule has 0 bridgehead atoms. The number of carbonyl (C=O) groups excluding carboxylic acids is 1. The van der Waals surface area contributed by atoms with E-state index in [9.17, 15) is 4.79 Å². The molecular formula is C16H25N3O. The molecule has 1 N–H and O–H groups in total. The maximum absolute atomic E-state index is 12.7. The summed E-state index contributed by atoms with van der Waals surface area (Å²) < 4.78 is 0. The lowest BCUT2D eigenvalue weighted by atomic mass is 10.1. The van der Waals surface area contributed by atoms with Crippen molar-refractivity contribution in [2.45, 2.75) is 52.0 Å². The number of carbonyl (C=O) groups is 1. The number of anilines is 1. The van der Waals surface area contributed by atoms with Crippen molar-refractivity contribution in [2.75, 3.05) is 18.4 Å². The number of aromatic nitrogens is 1. The summed E-state index contributed by atoms with van der Waals surface area (Å²) in [6, 6.07) is 4.03. The Balaban J connectivity index is 2.10. The molecule has 0 saturated carbocycles. The Morgan fingerprint density at radius 3 is 3.10 bits per heavy atom. The largest absolute Gasteiger partial charge is 0.370 e. The molecule has 1 aromatic rings. The summed E-state index contributed by atoms with van der Waals surface area (Å²) in [6.07, 6.45) is 7.44. The predicted molar refractivity (Wildman–Crippen MR) is 82.0 cm³/mol. The molecule has 1 fully saturated rings. The van der Waals surface area contributed by atoms with Gasteiger partial charge in [-0.15, -0.1) is 0 Å². The minimum atomic E-state index is 0.140. The molecule has 1 aromatic heterocycles. The first-order chi connectivity index (χ1) is 9.72. The quantitative estimate of drug-likeness (QED) is 0.917. The van der Waals surface area contributed by atoms with Crippen LogP contribution in [0.25, 0.3) is 0 Å². The summed E-state index contributed by atoms with van der Waals surface area (Å²) in [7, 11) is 0. The van der Waals surface area contributed by atoms with E-state index < -0.39 is 0 Å². The van der Waals surface area contributed by atoms with Gasteiger partial charge in [0.15, 0.2) is 0 Å². The van der Waals surface area contributed by atoms with Crippen LogP contribution in [0.5, 0.6) is 0 Å². The average molecular weight is 275 g/mol. The van der Waals surface area contributed by atoms with E-state index in [0.717, 1.165) is 43.7 Å². The van der Waals surface area contributed by atoms with Crippen molar-refractivity contribution in [3.05, 3.63) is 23.9 Å². The summed E-state index contributed by atoms with van der Waals surface area (Å²) in [5.41, 5.74) is 0.743. The molecule has 110 valence electrons. The second-order valence-electron chi connectivity index (χ2n) is 5.55. The molecule has 1 saturated heterocycles. The smallest absolute Gasteiger partial charge is 0.254 e. The lowest BCUT2D eigenvalue weighted by Crippen LogP contribution is -2.38. The van der Waals surface area contributed by atoms with Gasteiger partial charge in [-0.1, -0.05) is 19.8 Å². The summed E-state index contributed by atoms with van der Waals surface area (Å²) in [5, 5.41) is 3.23. The number of likely N-dealkylation sites (tertiary alicyclic amines) is 1. The third kappa shape index (κ3) is 3.71. The zero-order valence-electron chi connectivity index (χ0n) is 12.6. The van der Waals surface area contributed by atoms with Crippen molar-refractivity contribution in [2.24, 2.45) is 0 Å². The molecule has 4 heteroatoms. The monoisotopic (exact) mass is 275 g/mol. The number of hydrogen-bond donors (Lipinski definition) is 1. The third-order valence-electron chi connectivity index (χ3n) is 3.88. The highest BCUT2D eigenvalue weighted by Crippen LogP contribution is 2.19. The maximum atomic E-state index is 12.7. The van der Waals surface area contributed by atoms with Crippen LogP contribution in [0.4, 0.5) is 5.82 Å². The van der Waals surface area contributed by atoms with Gasteiger partial charge < -0.3 is 10.2 Å². The van der Waals surface area contributed by atoms with E-state index in [2.05, 4.69) is 24.1 Å². The normalized spacial score (nSPS) is 19.5. The van der Waals surface area contributed by atoms with Crippen LogP contribution in [0.2, 0.25) is 0 Å². The molecule has 1 aliphatic heterocycles. The van der Waals surface area contributed by atoms with Crippen LogP contribution < -0.4 is 5.32 Å². The van der Waals surface area contributed by atoms with E-state index in [4.69, 9.17) is 0 Å². The first-order valence-electron chi connectivity index (χ1n) is 7.73. The molecule has 2 rings (SSSR count). The molecule has 0 aromatic carbocycles. The van der Waals surface area contributed by atoms with Gasteiger partial charge in [-0.2, -0.15) is 0 Å². The van der Waals surface area contributed by atoms with Crippen LogP contribution in [0.3, 0.4) is 0 Å². The van der Waals surface area contributed by atoms with Gasteiger partial charge in [0.1, 0.15) is 5.82 Å². The summed E-state index contributed by atoms with van der Waals surface area (Å²) in [5.74, 6) is 0.932. The molecule has 1 amide bonds. The van der Waals surface area contributed by atoms with Crippen LogP contribution in [0.15, 0.2) is 18.3 Å². The minimum absolute atomic E-state index is 0.140. The molecule has 1 unspecified atom stereocenters. The van der Waals surface area contributed by atoms with Gasteiger partial charge >= 0.3 is 0 Å². The molecule has 2 heterocycles. The van der Waals surface area contributed by atoms with Gasteiger partial charge in [-0.3, -0.25) is 4.79 Å². The van der Waals surface area contributed by atoms with Gasteiger partial charge in [0, 0.05) is 30.9 Å². The molecule has 0 aliphatic carbocycles. The molecule has 0 radical (unpaired) electrons. The SMILES string of the molecule is CCCNc1cc(C(=O)N2CCCCCC2C)ccn1. The fourth-order valence-electron chi connectivity index (χ4n) is 2.66. The molecule has 4 nitrogen and oxygen atoms in total. The number of nitrogens with zero attached hydrogens (tertiary/aromatic N) is 2. The van der Waals surface area contributed by atoms with Crippen LogP contribution in [-0.2, 0) is 0 Å². The van der Waals surface area contributed by atoms with Crippen molar-refractivity contribution in [3.63, 3.8) is 0 Å². The summed E-state index contributed by atoms with van der Waals surface area (Å²) in [6.45, 7) is 6.02. The number of nitrogens with one attached hydrogen (secondary N) is 1. The number of hydrogen-bond acceptors (Lipinski definition) is 3. The number of rotatable bonds is 4. The molecular weight excluding hydrogens is 250 g/mol. The van der Waals surface area contributed by atoms with Gasteiger partial charge in [0.05, 0.1) is 0 Å². The third-order valence-corrected chi connectivity index (χ3v) is 3.88. The Hall–Kier alpha value is -1.58. The molecule has 0 spiro atoms. The van der Waals surface area contributed by atoms with Crippen LogP contribution in [0, 0.1) is 0 Å². The van der Waals surface area contributed by atoms with E-state index in [1.54, 1.807) is 6.20 Å². The second kappa shape index (κ2) is 7.27. The fraction of sp³-hybridized carbons (Fsp3) is 0.625. The highest BCUT2D eigenvalue weighted by Gasteiger charge is 2.23. The summed E-state index contributed by atoms with van der Waals surface area (Å²) in [4.78, 5) is 18.9. The summed E-state index contributed by atoms with van der Waals surface area (Å²) >= 11 is 0. The highest BCUT2D eigenvalue weighted by molar-refractivity contribution is 5.95. The van der Waals surface area contributed by atoms with Crippen molar-refractivity contribution in [1.29, 1.82) is 0 Å². The first kappa shape index (κ1) is 14.8. The van der Waals surface area contributed by atoms with Gasteiger partial charge in [-0.25, -0.2) is 4.98 Å². The fourth-order valence-corrected chi connectivity index (χ4v) is 2.66. The topological polar surface area (TPSA) is 45.2 Å². The van der Waals surface area contributed by atoms with Gasteiger partial charge in [-0.05, 0) is 38.3 Å². The van der Waals surface area contributed by atoms with E-state index >= 15 is 0 Å². The second-order valence-corrected chi connectivity index (χ2v) is 5.55. The predicted octanol–water partition coefficient (Wildman–Crippen LogP) is 3.31. The van der Waals surface area contributed by atoms with Crippen molar-refractivity contribution < 1.29 is 4.79 Å². The number of pyridine rings is 1. The highest BCUT2D eigenvalue weighted by atomic mass is 16.2. The van der Waals surface area contributed by atoms with E-state index in [1.807, 2.05) is 17.0 Å². The van der Waals surface area contributed by atoms with Crippen molar-refractivity contribution in [1.82, 2.24) is 9.88 Å². The number of amides is 1. The van der Waals surface area contributed by atoms with E-state index in [1.165, 1.54) is 12.8 Å². The van der Waals surface area contributed by atoms with Gasteiger partial charge in [0.2, 0.25) is 0 Å². The van der Waals surface area contributed by atoms with Crippen LogP contribution in [-0.4, -0.2) is 34.9 Å². The minimum Gasteiger partial charge on any atom is -0.370 e. The van der Waals surface area contributed by atoms with Crippen LogP contribution in [0.1, 0.15) is 56.3 Å². The van der Waals surface area contributed by atoms with E-state index in [0.29, 0.717) is 6.04 Å². The van der Waals surface area contributed by atoms with Crippen molar-refractivity contribution >= 4 is 11.7 Å². The van der Waals surface area contributed by atoms with Crippen LogP contribution >= 0.6 is 0 Å². The Labute approximate surface area is 121 Å². The molecule has 20 heavy (non-hydrogen) atoms. The average Bonchev–Trinajstić information content (AvgIpc) is 2.69. The lowest BCUT2D eigenvalue weighted by Gasteiger charge is -2.27.